The molecule has 0 bridgehead atoms. The minimum absolute atomic E-state index is 0.0450. The Hall–Kier alpha value is -3.42. The van der Waals surface area contributed by atoms with Gasteiger partial charge in [-0.25, -0.2) is 4.98 Å². The van der Waals surface area contributed by atoms with Crippen LogP contribution in [0.4, 0.5) is 11.4 Å². The average molecular weight is 340 g/mol. The standard InChI is InChI=1S/C17H16N4O4/c1-11-9-20-8-4-7-15(17(20)18-11)25-10-16(22)19-13-5-3-6-14(12(13)2)21(23)24/h3-9H,10H2,1-2H3,(H,19,22). The van der Waals surface area contributed by atoms with E-state index in [-0.39, 0.29) is 12.3 Å². The highest BCUT2D eigenvalue weighted by Crippen LogP contribution is 2.25. The van der Waals surface area contributed by atoms with E-state index in [9.17, 15) is 14.9 Å². The second-order valence-electron chi connectivity index (χ2n) is 5.53. The zero-order valence-electron chi connectivity index (χ0n) is 13.7. The number of nitro groups is 1. The number of fused-ring (bicyclic) bond motifs is 1. The van der Waals surface area contributed by atoms with Gasteiger partial charge in [0.1, 0.15) is 0 Å². The number of hydrogen-bond acceptors (Lipinski definition) is 5. The van der Waals surface area contributed by atoms with Crippen LogP contribution in [0.2, 0.25) is 0 Å². The molecule has 1 aromatic carbocycles. The number of aryl methyl sites for hydroxylation is 1. The summed E-state index contributed by atoms with van der Waals surface area (Å²) in [5.41, 5.74) is 2.20. The second-order valence-corrected chi connectivity index (χ2v) is 5.53. The van der Waals surface area contributed by atoms with E-state index in [1.54, 1.807) is 25.1 Å². The number of carbonyl (C=O) groups is 1. The van der Waals surface area contributed by atoms with Gasteiger partial charge in [0.25, 0.3) is 11.6 Å². The Morgan fingerprint density at radius 2 is 2.12 bits per heavy atom. The summed E-state index contributed by atoms with van der Waals surface area (Å²) in [6.45, 7) is 3.23. The normalized spacial score (nSPS) is 10.6. The molecule has 1 amide bonds. The minimum Gasteiger partial charge on any atom is -0.480 e. The van der Waals surface area contributed by atoms with Crippen LogP contribution in [-0.2, 0) is 4.79 Å². The van der Waals surface area contributed by atoms with E-state index in [0.717, 1.165) is 5.69 Å². The predicted molar refractivity (Wildman–Crippen MR) is 91.9 cm³/mol. The molecular formula is C17H16N4O4. The number of hydrogen-bond donors (Lipinski definition) is 1. The number of pyridine rings is 1. The van der Waals surface area contributed by atoms with Crippen molar-refractivity contribution in [1.82, 2.24) is 9.38 Å². The quantitative estimate of drug-likeness (QED) is 0.569. The van der Waals surface area contributed by atoms with Crippen LogP contribution in [0.15, 0.2) is 42.7 Å². The average Bonchev–Trinajstić information content (AvgIpc) is 2.95. The van der Waals surface area contributed by atoms with Gasteiger partial charge in [0.15, 0.2) is 18.0 Å². The van der Waals surface area contributed by atoms with Crippen molar-refractivity contribution in [2.75, 3.05) is 11.9 Å². The van der Waals surface area contributed by atoms with Gasteiger partial charge in [-0.3, -0.25) is 14.9 Å². The zero-order valence-corrected chi connectivity index (χ0v) is 13.7. The van der Waals surface area contributed by atoms with Crippen molar-refractivity contribution in [3.63, 3.8) is 0 Å². The largest absolute Gasteiger partial charge is 0.480 e. The van der Waals surface area contributed by atoms with Gasteiger partial charge >= 0.3 is 0 Å². The van der Waals surface area contributed by atoms with E-state index in [0.29, 0.717) is 22.6 Å². The summed E-state index contributed by atoms with van der Waals surface area (Å²) in [6.07, 6.45) is 3.70. The second kappa shape index (κ2) is 6.60. The van der Waals surface area contributed by atoms with Crippen molar-refractivity contribution >= 4 is 22.9 Å². The van der Waals surface area contributed by atoms with Gasteiger partial charge in [-0.1, -0.05) is 6.07 Å². The van der Waals surface area contributed by atoms with Crippen molar-refractivity contribution in [2.24, 2.45) is 0 Å². The third-order valence-electron chi connectivity index (χ3n) is 3.70. The highest BCUT2D eigenvalue weighted by atomic mass is 16.6. The summed E-state index contributed by atoms with van der Waals surface area (Å²) in [7, 11) is 0. The fraction of sp³-hybridized carbons (Fsp3) is 0.176. The van der Waals surface area contributed by atoms with Gasteiger partial charge in [0.2, 0.25) is 0 Å². The highest BCUT2D eigenvalue weighted by molar-refractivity contribution is 5.93. The topological polar surface area (TPSA) is 98.8 Å². The number of anilines is 1. The summed E-state index contributed by atoms with van der Waals surface area (Å²) in [5.74, 6) is 0.0791. The number of amides is 1. The molecule has 2 heterocycles. The molecule has 8 heteroatoms. The number of carbonyl (C=O) groups excluding carboxylic acids is 1. The lowest BCUT2D eigenvalue weighted by molar-refractivity contribution is -0.385. The molecule has 0 unspecified atom stereocenters. The summed E-state index contributed by atoms with van der Waals surface area (Å²) >= 11 is 0. The van der Waals surface area contributed by atoms with Gasteiger partial charge in [-0.05, 0) is 32.0 Å². The molecule has 0 radical (unpaired) electrons. The molecule has 128 valence electrons. The number of ether oxygens (including phenoxy) is 1. The Balaban J connectivity index is 1.71. The first-order valence-corrected chi connectivity index (χ1v) is 7.56. The lowest BCUT2D eigenvalue weighted by Gasteiger charge is -2.10. The van der Waals surface area contributed by atoms with Gasteiger partial charge < -0.3 is 14.5 Å². The molecule has 1 N–H and O–H groups in total. The maximum atomic E-state index is 12.1. The lowest BCUT2D eigenvalue weighted by atomic mass is 10.1. The van der Waals surface area contributed by atoms with Crippen LogP contribution in [0.5, 0.6) is 5.75 Å². The Morgan fingerprint density at radius 1 is 1.32 bits per heavy atom. The number of nitro benzene ring substituents is 1. The van der Waals surface area contributed by atoms with Crippen molar-refractivity contribution in [2.45, 2.75) is 13.8 Å². The molecule has 0 spiro atoms. The van der Waals surface area contributed by atoms with Crippen LogP contribution in [0, 0.1) is 24.0 Å². The fourth-order valence-electron chi connectivity index (χ4n) is 2.51. The molecular weight excluding hydrogens is 324 g/mol. The molecule has 0 saturated heterocycles. The monoisotopic (exact) mass is 340 g/mol. The number of imidazole rings is 1. The fourth-order valence-corrected chi connectivity index (χ4v) is 2.51. The van der Waals surface area contributed by atoms with Crippen molar-refractivity contribution in [3.8, 4) is 5.75 Å². The zero-order chi connectivity index (χ0) is 18.0. The highest BCUT2D eigenvalue weighted by Gasteiger charge is 2.15. The molecule has 0 aliphatic rings. The summed E-state index contributed by atoms with van der Waals surface area (Å²) in [6, 6.07) is 8.05. The SMILES string of the molecule is Cc1cn2cccc(OCC(=O)Nc3cccc([N+](=O)[O-])c3C)c2n1. The van der Waals surface area contributed by atoms with Gasteiger partial charge in [0, 0.05) is 18.5 Å². The van der Waals surface area contributed by atoms with Crippen molar-refractivity contribution in [3.05, 3.63) is 64.1 Å². The van der Waals surface area contributed by atoms with Crippen LogP contribution in [-0.4, -0.2) is 26.8 Å². The molecule has 3 rings (SSSR count). The van der Waals surface area contributed by atoms with Crippen molar-refractivity contribution < 1.29 is 14.5 Å². The van der Waals surface area contributed by atoms with E-state index in [4.69, 9.17) is 4.74 Å². The Morgan fingerprint density at radius 3 is 2.88 bits per heavy atom. The van der Waals surface area contributed by atoms with E-state index >= 15 is 0 Å². The molecule has 0 saturated carbocycles. The third-order valence-corrected chi connectivity index (χ3v) is 3.70. The predicted octanol–water partition coefficient (Wildman–Crippen LogP) is 2.88. The number of aromatic nitrogens is 2. The Bertz CT molecular complexity index is 964. The summed E-state index contributed by atoms with van der Waals surface area (Å²) in [5, 5.41) is 13.6. The minimum atomic E-state index is -0.483. The summed E-state index contributed by atoms with van der Waals surface area (Å²) in [4.78, 5) is 27.0. The molecule has 0 aliphatic heterocycles. The molecule has 8 nitrogen and oxygen atoms in total. The van der Waals surface area contributed by atoms with E-state index in [2.05, 4.69) is 10.3 Å². The van der Waals surface area contributed by atoms with Crippen LogP contribution in [0.25, 0.3) is 5.65 Å². The molecule has 2 aromatic heterocycles. The van der Waals surface area contributed by atoms with Crippen molar-refractivity contribution in [1.29, 1.82) is 0 Å². The lowest BCUT2D eigenvalue weighted by Crippen LogP contribution is -2.21. The Kier molecular flexibility index (Phi) is 4.34. The summed E-state index contributed by atoms with van der Waals surface area (Å²) < 4.78 is 7.37. The van der Waals surface area contributed by atoms with Crippen LogP contribution >= 0.6 is 0 Å². The third kappa shape index (κ3) is 3.42. The Labute approximate surface area is 143 Å². The first-order chi connectivity index (χ1) is 12.0. The smallest absolute Gasteiger partial charge is 0.274 e. The maximum absolute atomic E-state index is 12.1. The number of rotatable bonds is 5. The number of nitrogens with one attached hydrogen (secondary N) is 1. The van der Waals surface area contributed by atoms with Crippen LogP contribution in [0.1, 0.15) is 11.3 Å². The van der Waals surface area contributed by atoms with E-state index in [1.807, 2.05) is 23.7 Å². The number of nitrogens with zero attached hydrogens (tertiary/aromatic N) is 3. The molecule has 3 aromatic rings. The van der Waals surface area contributed by atoms with E-state index < -0.39 is 10.8 Å². The van der Waals surface area contributed by atoms with Gasteiger partial charge in [-0.2, -0.15) is 0 Å². The molecule has 0 atom stereocenters. The molecule has 0 aliphatic carbocycles. The van der Waals surface area contributed by atoms with E-state index in [1.165, 1.54) is 12.1 Å². The first-order valence-electron chi connectivity index (χ1n) is 7.56. The molecule has 0 fully saturated rings. The van der Waals surface area contributed by atoms with Gasteiger partial charge in [0.05, 0.1) is 21.9 Å². The first kappa shape index (κ1) is 16.4. The van der Waals surface area contributed by atoms with Crippen LogP contribution in [0.3, 0.4) is 0 Å². The van der Waals surface area contributed by atoms with Gasteiger partial charge in [-0.15, -0.1) is 0 Å². The molecule has 25 heavy (non-hydrogen) atoms. The maximum Gasteiger partial charge on any atom is 0.274 e. The van der Waals surface area contributed by atoms with Crippen LogP contribution < -0.4 is 10.1 Å². The number of benzene rings is 1.